The van der Waals surface area contributed by atoms with Crippen molar-refractivity contribution in [1.29, 1.82) is 5.26 Å². The lowest BCUT2D eigenvalue weighted by Gasteiger charge is -2.00. The molecule has 13 heavy (non-hydrogen) atoms. The summed E-state index contributed by atoms with van der Waals surface area (Å²) in [7, 11) is 0. The number of aromatic nitrogens is 1. The largest absolute Gasteiger partial charge is 0.291 e. The summed E-state index contributed by atoms with van der Waals surface area (Å²) in [5.74, 6) is -0.267. The molecule has 0 aliphatic carbocycles. The standard InChI is InChI=1S/C9H7ClN2O/c1-6-4-7(10)5-12-9(6)8(13)2-3-11/h4-5H,2H2,1H3. The van der Waals surface area contributed by atoms with Crippen LogP contribution in [0.1, 0.15) is 22.5 Å². The first-order valence-corrected chi connectivity index (χ1v) is 4.05. The lowest BCUT2D eigenvalue weighted by atomic mass is 10.1. The van der Waals surface area contributed by atoms with Gasteiger partial charge in [-0.3, -0.25) is 9.78 Å². The quantitative estimate of drug-likeness (QED) is 0.678. The topological polar surface area (TPSA) is 53.8 Å². The normalized spacial score (nSPS) is 9.31. The van der Waals surface area contributed by atoms with Crippen LogP contribution in [0.2, 0.25) is 5.02 Å². The highest BCUT2D eigenvalue weighted by molar-refractivity contribution is 6.30. The predicted molar refractivity (Wildman–Crippen MR) is 48.5 cm³/mol. The van der Waals surface area contributed by atoms with Crippen molar-refractivity contribution in [2.75, 3.05) is 0 Å². The highest BCUT2D eigenvalue weighted by atomic mass is 35.5. The van der Waals surface area contributed by atoms with Crippen molar-refractivity contribution in [1.82, 2.24) is 4.98 Å². The number of nitrogens with zero attached hydrogens (tertiary/aromatic N) is 2. The number of hydrogen-bond acceptors (Lipinski definition) is 3. The molecular formula is C9H7ClN2O. The van der Waals surface area contributed by atoms with Gasteiger partial charge >= 0.3 is 0 Å². The van der Waals surface area contributed by atoms with Crippen molar-refractivity contribution < 1.29 is 4.79 Å². The van der Waals surface area contributed by atoms with Gasteiger partial charge in [0, 0.05) is 6.20 Å². The minimum absolute atomic E-state index is 0.143. The highest BCUT2D eigenvalue weighted by Crippen LogP contribution is 2.13. The SMILES string of the molecule is Cc1cc(Cl)cnc1C(=O)CC#N. The third-order valence-electron chi connectivity index (χ3n) is 1.55. The predicted octanol–water partition coefficient (Wildman–Crippen LogP) is 2.14. The van der Waals surface area contributed by atoms with Gasteiger partial charge in [-0.15, -0.1) is 0 Å². The number of pyridine rings is 1. The Kier molecular flexibility index (Phi) is 2.99. The zero-order valence-electron chi connectivity index (χ0n) is 7.04. The number of rotatable bonds is 2. The Balaban J connectivity index is 3.03. The summed E-state index contributed by atoms with van der Waals surface area (Å²) in [6.45, 7) is 1.74. The van der Waals surface area contributed by atoms with E-state index in [9.17, 15) is 4.79 Å². The maximum absolute atomic E-state index is 11.2. The molecule has 3 nitrogen and oxygen atoms in total. The number of aryl methyl sites for hydroxylation is 1. The van der Waals surface area contributed by atoms with Gasteiger partial charge < -0.3 is 0 Å². The number of nitriles is 1. The molecular weight excluding hydrogens is 188 g/mol. The first kappa shape index (κ1) is 9.69. The fourth-order valence-electron chi connectivity index (χ4n) is 0.988. The third-order valence-corrected chi connectivity index (χ3v) is 1.76. The van der Waals surface area contributed by atoms with Crippen molar-refractivity contribution in [3.63, 3.8) is 0 Å². The Bertz CT molecular complexity index is 382. The number of Topliss-reactive ketones (excluding diaryl/α,β-unsaturated/α-hetero) is 1. The third kappa shape index (κ3) is 2.27. The second kappa shape index (κ2) is 4.01. The molecule has 0 saturated carbocycles. The number of hydrogen-bond donors (Lipinski definition) is 0. The first-order valence-electron chi connectivity index (χ1n) is 3.67. The van der Waals surface area contributed by atoms with E-state index in [1.165, 1.54) is 6.20 Å². The van der Waals surface area contributed by atoms with Gasteiger partial charge in [-0.1, -0.05) is 11.6 Å². The first-order chi connectivity index (χ1) is 6.15. The van der Waals surface area contributed by atoms with E-state index in [1.54, 1.807) is 19.1 Å². The molecule has 0 fully saturated rings. The van der Waals surface area contributed by atoms with Crippen LogP contribution >= 0.6 is 11.6 Å². The summed E-state index contributed by atoms with van der Waals surface area (Å²) < 4.78 is 0. The van der Waals surface area contributed by atoms with E-state index >= 15 is 0 Å². The highest BCUT2D eigenvalue weighted by Gasteiger charge is 2.09. The summed E-state index contributed by atoms with van der Waals surface area (Å²) in [6.07, 6.45) is 1.26. The minimum Gasteiger partial charge on any atom is -0.291 e. The van der Waals surface area contributed by atoms with E-state index in [0.29, 0.717) is 16.3 Å². The molecule has 0 saturated heterocycles. The molecule has 1 aromatic heterocycles. The molecule has 0 atom stereocenters. The zero-order chi connectivity index (χ0) is 9.84. The monoisotopic (exact) mass is 194 g/mol. The molecule has 1 heterocycles. The number of carbonyl (C=O) groups excluding carboxylic acids is 1. The van der Waals surface area contributed by atoms with Crippen LogP contribution in [0, 0.1) is 18.3 Å². The molecule has 0 aliphatic heterocycles. The van der Waals surface area contributed by atoms with Gasteiger partial charge in [0.15, 0.2) is 5.78 Å². The fourth-order valence-corrected chi connectivity index (χ4v) is 1.20. The van der Waals surface area contributed by atoms with Crippen molar-refractivity contribution in [3.8, 4) is 6.07 Å². The molecule has 0 radical (unpaired) electrons. The van der Waals surface area contributed by atoms with Gasteiger partial charge in [0.1, 0.15) is 12.1 Å². The van der Waals surface area contributed by atoms with Crippen molar-refractivity contribution >= 4 is 17.4 Å². The Morgan fingerprint density at radius 1 is 1.77 bits per heavy atom. The van der Waals surface area contributed by atoms with Crippen LogP contribution in [-0.2, 0) is 0 Å². The second-order valence-corrected chi connectivity index (χ2v) is 3.01. The van der Waals surface area contributed by atoms with Crippen molar-refractivity contribution in [3.05, 3.63) is 28.5 Å². The molecule has 1 aromatic rings. The summed E-state index contributed by atoms with van der Waals surface area (Å²) in [4.78, 5) is 15.1. The molecule has 0 amide bonds. The molecule has 0 N–H and O–H groups in total. The van der Waals surface area contributed by atoms with E-state index in [-0.39, 0.29) is 12.2 Å². The maximum atomic E-state index is 11.2. The van der Waals surface area contributed by atoms with Crippen LogP contribution < -0.4 is 0 Å². The Hall–Kier alpha value is -1.40. The van der Waals surface area contributed by atoms with Gasteiger partial charge in [-0.25, -0.2) is 0 Å². The van der Waals surface area contributed by atoms with Crippen LogP contribution in [0.25, 0.3) is 0 Å². The lowest BCUT2D eigenvalue weighted by Crippen LogP contribution is -2.03. The summed E-state index contributed by atoms with van der Waals surface area (Å²) in [5.41, 5.74) is 1.03. The Morgan fingerprint density at radius 3 is 3.00 bits per heavy atom. The molecule has 4 heteroatoms. The molecule has 1 rings (SSSR count). The van der Waals surface area contributed by atoms with Crippen LogP contribution in [0.4, 0.5) is 0 Å². The Morgan fingerprint density at radius 2 is 2.46 bits per heavy atom. The number of carbonyl (C=O) groups is 1. The molecule has 0 bridgehead atoms. The minimum atomic E-state index is -0.267. The average Bonchev–Trinajstić information content (AvgIpc) is 2.04. The van der Waals surface area contributed by atoms with Crippen LogP contribution in [-0.4, -0.2) is 10.8 Å². The summed E-state index contributed by atoms with van der Waals surface area (Å²) in [6, 6.07) is 3.44. The fraction of sp³-hybridized carbons (Fsp3) is 0.222. The van der Waals surface area contributed by atoms with Gasteiger partial charge in [0.25, 0.3) is 0 Å². The van der Waals surface area contributed by atoms with Gasteiger partial charge in [-0.05, 0) is 18.6 Å². The van der Waals surface area contributed by atoms with E-state index < -0.39 is 0 Å². The number of ketones is 1. The van der Waals surface area contributed by atoms with Crippen LogP contribution in [0.15, 0.2) is 12.3 Å². The average molecular weight is 195 g/mol. The number of halogens is 1. The van der Waals surface area contributed by atoms with E-state index in [2.05, 4.69) is 4.98 Å². The van der Waals surface area contributed by atoms with Gasteiger partial charge in [0.2, 0.25) is 0 Å². The van der Waals surface area contributed by atoms with Crippen LogP contribution in [0.5, 0.6) is 0 Å². The molecule has 66 valence electrons. The second-order valence-electron chi connectivity index (χ2n) is 2.58. The smallest absolute Gasteiger partial charge is 0.195 e. The van der Waals surface area contributed by atoms with Gasteiger partial charge in [-0.2, -0.15) is 5.26 Å². The molecule has 0 aliphatic rings. The van der Waals surface area contributed by atoms with Crippen molar-refractivity contribution in [2.24, 2.45) is 0 Å². The van der Waals surface area contributed by atoms with E-state index in [0.717, 1.165) is 0 Å². The van der Waals surface area contributed by atoms with E-state index in [1.807, 2.05) is 0 Å². The maximum Gasteiger partial charge on any atom is 0.195 e. The zero-order valence-corrected chi connectivity index (χ0v) is 7.80. The van der Waals surface area contributed by atoms with Gasteiger partial charge in [0.05, 0.1) is 11.1 Å². The lowest BCUT2D eigenvalue weighted by molar-refractivity contribution is 0.0992. The summed E-state index contributed by atoms with van der Waals surface area (Å²) in [5, 5.41) is 8.81. The molecule has 0 unspecified atom stereocenters. The summed E-state index contributed by atoms with van der Waals surface area (Å²) >= 11 is 5.66. The van der Waals surface area contributed by atoms with E-state index in [4.69, 9.17) is 16.9 Å². The van der Waals surface area contributed by atoms with Crippen LogP contribution in [0.3, 0.4) is 0 Å². The van der Waals surface area contributed by atoms with Crippen molar-refractivity contribution in [2.45, 2.75) is 13.3 Å². The Labute approximate surface area is 81.0 Å². The molecule has 0 spiro atoms. The molecule has 0 aromatic carbocycles.